The van der Waals surface area contributed by atoms with E-state index in [0.717, 1.165) is 32.2 Å². The molecule has 4 heteroatoms. The predicted octanol–water partition coefficient (Wildman–Crippen LogP) is 3.35. The van der Waals surface area contributed by atoms with E-state index in [1.807, 2.05) is 11.3 Å². The van der Waals surface area contributed by atoms with E-state index in [9.17, 15) is 4.79 Å². The second kappa shape index (κ2) is 6.49. The van der Waals surface area contributed by atoms with Crippen LogP contribution in [0.4, 0.5) is 0 Å². The summed E-state index contributed by atoms with van der Waals surface area (Å²) in [5.41, 5.74) is 7.31. The first kappa shape index (κ1) is 15.0. The molecule has 3 nitrogen and oxygen atoms in total. The van der Waals surface area contributed by atoms with Crippen LogP contribution in [-0.2, 0) is 11.2 Å². The summed E-state index contributed by atoms with van der Waals surface area (Å²) in [6.45, 7) is 3.74. The maximum Gasteiger partial charge on any atom is 0.226 e. The summed E-state index contributed by atoms with van der Waals surface area (Å²) in [4.78, 5) is 16.7. The minimum atomic E-state index is 0.165. The molecule has 1 saturated carbocycles. The van der Waals surface area contributed by atoms with E-state index in [-0.39, 0.29) is 12.0 Å². The molecule has 0 aromatic carbocycles. The van der Waals surface area contributed by atoms with Crippen molar-refractivity contribution in [1.29, 1.82) is 0 Å². The average molecular weight is 306 g/mol. The van der Waals surface area contributed by atoms with Crippen molar-refractivity contribution in [3.8, 4) is 0 Å². The molecular weight excluding hydrogens is 280 g/mol. The Hall–Kier alpha value is -0.870. The largest absolute Gasteiger partial charge is 0.335 e. The Labute approximate surface area is 131 Å². The highest BCUT2D eigenvalue weighted by molar-refractivity contribution is 7.10. The van der Waals surface area contributed by atoms with Crippen molar-refractivity contribution in [3.05, 3.63) is 21.9 Å². The number of amides is 1. The molecule has 3 atom stereocenters. The molecule has 116 valence electrons. The quantitative estimate of drug-likeness (QED) is 0.931. The van der Waals surface area contributed by atoms with Crippen LogP contribution in [0.1, 0.15) is 55.5 Å². The number of thiophene rings is 1. The maximum atomic E-state index is 13.1. The molecule has 2 heterocycles. The van der Waals surface area contributed by atoms with Crippen LogP contribution in [0.3, 0.4) is 0 Å². The van der Waals surface area contributed by atoms with Gasteiger partial charge in [0.15, 0.2) is 0 Å². The Morgan fingerprint density at radius 2 is 2.24 bits per heavy atom. The molecule has 2 N–H and O–H groups in total. The van der Waals surface area contributed by atoms with E-state index in [2.05, 4.69) is 23.3 Å². The Morgan fingerprint density at radius 1 is 1.43 bits per heavy atom. The number of carbonyl (C=O) groups excluding carboxylic acids is 1. The molecule has 1 aromatic rings. The third-order valence-electron chi connectivity index (χ3n) is 5.29. The fourth-order valence-electron chi connectivity index (χ4n) is 4.13. The van der Waals surface area contributed by atoms with Crippen LogP contribution in [0, 0.1) is 11.8 Å². The second-order valence-corrected chi connectivity index (χ2v) is 7.39. The van der Waals surface area contributed by atoms with Gasteiger partial charge in [0.1, 0.15) is 0 Å². The van der Waals surface area contributed by atoms with Gasteiger partial charge >= 0.3 is 0 Å². The lowest BCUT2D eigenvalue weighted by Gasteiger charge is -2.40. The second-order valence-electron chi connectivity index (χ2n) is 6.39. The molecule has 3 rings (SSSR count). The Balaban J connectivity index is 1.81. The number of fused-ring (bicyclic) bond motifs is 1. The molecule has 1 aliphatic heterocycles. The first-order chi connectivity index (χ1) is 10.3. The lowest BCUT2D eigenvalue weighted by molar-refractivity contribution is -0.141. The highest BCUT2D eigenvalue weighted by Crippen LogP contribution is 2.38. The summed E-state index contributed by atoms with van der Waals surface area (Å²) in [6, 6.07) is 2.50. The van der Waals surface area contributed by atoms with Crippen LogP contribution in [0.5, 0.6) is 0 Å². The van der Waals surface area contributed by atoms with Crippen molar-refractivity contribution in [1.82, 2.24) is 4.90 Å². The SMILES string of the molecule is CCC1c2ccsc2CCN1C(=O)C1CCCCC1CN. The number of nitrogens with two attached hydrogens (primary N) is 1. The summed E-state index contributed by atoms with van der Waals surface area (Å²) in [7, 11) is 0. The number of nitrogens with zero attached hydrogens (tertiary/aromatic N) is 1. The zero-order valence-corrected chi connectivity index (χ0v) is 13.7. The Kier molecular flexibility index (Phi) is 4.65. The molecule has 3 unspecified atom stereocenters. The summed E-state index contributed by atoms with van der Waals surface area (Å²) < 4.78 is 0. The summed E-state index contributed by atoms with van der Waals surface area (Å²) in [5, 5.41) is 2.17. The van der Waals surface area contributed by atoms with E-state index in [1.165, 1.54) is 23.3 Å². The third kappa shape index (κ3) is 2.76. The van der Waals surface area contributed by atoms with Gasteiger partial charge < -0.3 is 10.6 Å². The molecule has 0 radical (unpaired) electrons. The molecule has 1 fully saturated rings. The zero-order valence-electron chi connectivity index (χ0n) is 12.9. The lowest BCUT2D eigenvalue weighted by atomic mass is 9.78. The minimum absolute atomic E-state index is 0.165. The third-order valence-corrected chi connectivity index (χ3v) is 6.29. The molecule has 21 heavy (non-hydrogen) atoms. The van der Waals surface area contributed by atoms with Crippen LogP contribution >= 0.6 is 11.3 Å². The lowest BCUT2D eigenvalue weighted by Crippen LogP contribution is -2.46. The fraction of sp³-hybridized carbons (Fsp3) is 0.706. The van der Waals surface area contributed by atoms with Gasteiger partial charge in [-0.1, -0.05) is 19.8 Å². The van der Waals surface area contributed by atoms with Crippen LogP contribution in [0.15, 0.2) is 11.4 Å². The Morgan fingerprint density at radius 3 is 3.00 bits per heavy atom. The molecule has 0 saturated heterocycles. The van der Waals surface area contributed by atoms with E-state index in [4.69, 9.17) is 5.73 Å². The van der Waals surface area contributed by atoms with Crippen molar-refractivity contribution in [2.45, 2.75) is 51.5 Å². The monoisotopic (exact) mass is 306 g/mol. The number of hydrogen-bond donors (Lipinski definition) is 1. The summed E-state index contributed by atoms with van der Waals surface area (Å²) >= 11 is 1.84. The normalized spacial score (nSPS) is 29.2. The van der Waals surface area contributed by atoms with E-state index in [1.54, 1.807) is 0 Å². The van der Waals surface area contributed by atoms with Gasteiger partial charge in [-0.25, -0.2) is 0 Å². The van der Waals surface area contributed by atoms with Crippen molar-refractivity contribution in [3.63, 3.8) is 0 Å². The zero-order chi connectivity index (χ0) is 14.8. The van der Waals surface area contributed by atoms with Crippen molar-refractivity contribution < 1.29 is 4.79 Å². The smallest absolute Gasteiger partial charge is 0.226 e. The van der Waals surface area contributed by atoms with Crippen LogP contribution in [-0.4, -0.2) is 23.9 Å². The first-order valence-electron chi connectivity index (χ1n) is 8.33. The van der Waals surface area contributed by atoms with Crippen molar-refractivity contribution in [2.24, 2.45) is 17.6 Å². The van der Waals surface area contributed by atoms with Crippen LogP contribution in [0.25, 0.3) is 0 Å². The van der Waals surface area contributed by atoms with Crippen molar-refractivity contribution >= 4 is 17.2 Å². The van der Waals surface area contributed by atoms with Crippen LogP contribution < -0.4 is 5.73 Å². The van der Waals surface area contributed by atoms with Gasteiger partial charge in [0.05, 0.1) is 6.04 Å². The highest BCUT2D eigenvalue weighted by atomic mass is 32.1. The van der Waals surface area contributed by atoms with Gasteiger partial charge in [-0.05, 0) is 55.2 Å². The fourth-order valence-corrected chi connectivity index (χ4v) is 5.06. The van der Waals surface area contributed by atoms with Crippen molar-refractivity contribution in [2.75, 3.05) is 13.1 Å². The molecule has 0 spiro atoms. The maximum absolute atomic E-state index is 13.1. The molecule has 1 aromatic heterocycles. The van der Waals surface area contributed by atoms with Gasteiger partial charge in [0.25, 0.3) is 0 Å². The van der Waals surface area contributed by atoms with E-state index in [0.29, 0.717) is 18.4 Å². The molecule has 0 bridgehead atoms. The van der Waals surface area contributed by atoms with E-state index < -0.39 is 0 Å². The molecule has 1 amide bonds. The Bertz CT molecular complexity index is 499. The number of carbonyl (C=O) groups is 1. The van der Waals surface area contributed by atoms with Gasteiger partial charge in [-0.2, -0.15) is 0 Å². The number of rotatable bonds is 3. The predicted molar refractivity (Wildman–Crippen MR) is 87.3 cm³/mol. The summed E-state index contributed by atoms with van der Waals surface area (Å²) in [6.07, 6.45) is 6.61. The standard InChI is InChI=1S/C17H26N2OS/c1-2-15-14-8-10-21-16(14)7-9-19(15)17(20)13-6-4-3-5-12(13)11-18/h8,10,12-13,15H,2-7,9,11,18H2,1H3. The van der Waals surface area contributed by atoms with Gasteiger partial charge in [-0.3, -0.25) is 4.79 Å². The number of hydrogen-bond acceptors (Lipinski definition) is 3. The first-order valence-corrected chi connectivity index (χ1v) is 9.21. The van der Waals surface area contributed by atoms with Gasteiger partial charge in [0, 0.05) is 17.3 Å². The summed E-state index contributed by atoms with van der Waals surface area (Å²) in [5.74, 6) is 0.930. The van der Waals surface area contributed by atoms with E-state index >= 15 is 0 Å². The molecular formula is C17H26N2OS. The highest BCUT2D eigenvalue weighted by Gasteiger charge is 2.37. The van der Waals surface area contributed by atoms with Gasteiger partial charge in [0.2, 0.25) is 5.91 Å². The average Bonchev–Trinajstić information content (AvgIpc) is 3.01. The minimum Gasteiger partial charge on any atom is -0.335 e. The molecule has 2 aliphatic rings. The molecule has 1 aliphatic carbocycles. The van der Waals surface area contributed by atoms with Crippen LogP contribution in [0.2, 0.25) is 0 Å². The topological polar surface area (TPSA) is 46.3 Å². The van der Waals surface area contributed by atoms with Gasteiger partial charge in [-0.15, -0.1) is 11.3 Å².